The average molecular weight is 303 g/mol. The SMILES string of the molecule is Cc1ccc(C(C)(O)CNC(=O)C(F)(F)C2(O)CCC2)o1. The third-order valence-electron chi connectivity index (χ3n) is 3.91. The van der Waals surface area contributed by atoms with E-state index < -0.39 is 29.6 Å². The lowest BCUT2D eigenvalue weighted by atomic mass is 9.75. The number of aliphatic hydroxyl groups is 2. The van der Waals surface area contributed by atoms with Crippen LogP contribution in [0.25, 0.3) is 0 Å². The van der Waals surface area contributed by atoms with Crippen LogP contribution in [-0.4, -0.2) is 34.2 Å². The number of nitrogens with one attached hydrogen (secondary N) is 1. The summed E-state index contributed by atoms with van der Waals surface area (Å²) in [5.41, 5.74) is -3.88. The Labute approximate surface area is 121 Å². The summed E-state index contributed by atoms with van der Waals surface area (Å²) in [4.78, 5) is 11.6. The standard InChI is InChI=1S/C14H19F2NO4/c1-9-4-5-10(21-9)12(2,19)8-17-11(18)14(15,16)13(20)6-3-7-13/h4-5,19-20H,3,6-8H2,1-2H3,(H,17,18). The van der Waals surface area contributed by atoms with Gasteiger partial charge < -0.3 is 19.9 Å². The third kappa shape index (κ3) is 2.80. The van der Waals surface area contributed by atoms with E-state index in [9.17, 15) is 23.8 Å². The first-order chi connectivity index (χ1) is 9.58. The zero-order chi connectivity index (χ0) is 15.9. The molecule has 1 heterocycles. The molecule has 1 amide bonds. The quantitative estimate of drug-likeness (QED) is 0.769. The molecule has 118 valence electrons. The first-order valence-corrected chi connectivity index (χ1v) is 6.76. The van der Waals surface area contributed by atoms with Gasteiger partial charge in [0.05, 0.1) is 6.54 Å². The maximum absolute atomic E-state index is 13.9. The van der Waals surface area contributed by atoms with Gasteiger partial charge in [-0.3, -0.25) is 4.79 Å². The van der Waals surface area contributed by atoms with Crippen molar-refractivity contribution >= 4 is 5.91 Å². The molecule has 1 aromatic heterocycles. The summed E-state index contributed by atoms with van der Waals surface area (Å²) in [7, 11) is 0. The van der Waals surface area contributed by atoms with Gasteiger partial charge in [0.15, 0.2) is 0 Å². The molecule has 1 unspecified atom stereocenters. The minimum absolute atomic E-state index is 0.110. The molecule has 0 aromatic carbocycles. The maximum atomic E-state index is 13.9. The second-order valence-corrected chi connectivity index (χ2v) is 5.83. The van der Waals surface area contributed by atoms with E-state index in [1.54, 1.807) is 13.0 Å². The third-order valence-corrected chi connectivity index (χ3v) is 3.91. The van der Waals surface area contributed by atoms with Crippen molar-refractivity contribution in [3.05, 3.63) is 23.7 Å². The zero-order valence-electron chi connectivity index (χ0n) is 11.9. The van der Waals surface area contributed by atoms with E-state index in [-0.39, 0.29) is 18.6 Å². The predicted octanol–water partition coefficient (Wildman–Crippen LogP) is 1.46. The molecule has 0 saturated heterocycles. The van der Waals surface area contributed by atoms with E-state index in [2.05, 4.69) is 0 Å². The van der Waals surface area contributed by atoms with Gasteiger partial charge in [0, 0.05) is 0 Å². The van der Waals surface area contributed by atoms with Crippen LogP contribution in [0, 0.1) is 6.92 Å². The molecule has 1 saturated carbocycles. The lowest BCUT2D eigenvalue weighted by molar-refractivity contribution is -0.216. The topological polar surface area (TPSA) is 82.7 Å². The maximum Gasteiger partial charge on any atom is 0.352 e. The fourth-order valence-corrected chi connectivity index (χ4v) is 2.21. The van der Waals surface area contributed by atoms with Crippen LogP contribution >= 0.6 is 0 Å². The lowest BCUT2D eigenvalue weighted by Crippen LogP contribution is -2.61. The fraction of sp³-hybridized carbons (Fsp3) is 0.643. The van der Waals surface area contributed by atoms with E-state index in [4.69, 9.17) is 4.42 Å². The van der Waals surface area contributed by atoms with Gasteiger partial charge in [-0.1, -0.05) is 0 Å². The Morgan fingerprint density at radius 3 is 2.52 bits per heavy atom. The molecule has 21 heavy (non-hydrogen) atoms. The van der Waals surface area contributed by atoms with Crippen LogP contribution in [0.4, 0.5) is 8.78 Å². The summed E-state index contributed by atoms with van der Waals surface area (Å²) in [5, 5.41) is 21.8. The van der Waals surface area contributed by atoms with Crippen LogP contribution in [-0.2, 0) is 10.4 Å². The molecule has 1 fully saturated rings. The molecule has 0 bridgehead atoms. The summed E-state index contributed by atoms with van der Waals surface area (Å²) >= 11 is 0. The number of rotatable bonds is 5. The minimum Gasteiger partial charge on any atom is -0.463 e. The lowest BCUT2D eigenvalue weighted by Gasteiger charge is -2.41. The molecule has 1 aliphatic carbocycles. The number of amides is 1. The first kappa shape index (κ1) is 15.9. The number of hydrogen-bond donors (Lipinski definition) is 3. The highest BCUT2D eigenvalue weighted by atomic mass is 19.3. The van der Waals surface area contributed by atoms with Crippen LogP contribution in [0.2, 0.25) is 0 Å². The Balaban J connectivity index is 2.00. The summed E-state index contributed by atoms with van der Waals surface area (Å²) in [6.07, 6.45) is 0.241. The highest BCUT2D eigenvalue weighted by Crippen LogP contribution is 2.44. The number of alkyl halides is 2. The summed E-state index contributed by atoms with van der Waals surface area (Å²) in [6.45, 7) is 2.59. The predicted molar refractivity (Wildman–Crippen MR) is 69.8 cm³/mol. The van der Waals surface area contributed by atoms with Crippen LogP contribution in [0.15, 0.2) is 16.5 Å². The molecule has 0 aliphatic heterocycles. The first-order valence-electron chi connectivity index (χ1n) is 6.76. The van der Waals surface area contributed by atoms with Crippen molar-refractivity contribution in [3.63, 3.8) is 0 Å². The van der Waals surface area contributed by atoms with Gasteiger partial charge in [0.25, 0.3) is 5.91 Å². The van der Waals surface area contributed by atoms with Crippen molar-refractivity contribution in [1.82, 2.24) is 5.32 Å². The van der Waals surface area contributed by atoms with E-state index in [1.807, 2.05) is 5.32 Å². The van der Waals surface area contributed by atoms with E-state index in [0.29, 0.717) is 12.2 Å². The minimum atomic E-state index is -3.87. The van der Waals surface area contributed by atoms with E-state index in [0.717, 1.165) is 0 Å². The molecule has 0 spiro atoms. The van der Waals surface area contributed by atoms with Crippen molar-refractivity contribution in [2.24, 2.45) is 0 Å². The number of furan rings is 1. The van der Waals surface area contributed by atoms with Crippen molar-refractivity contribution in [1.29, 1.82) is 0 Å². The average Bonchev–Trinajstić information content (AvgIpc) is 2.80. The van der Waals surface area contributed by atoms with Crippen molar-refractivity contribution in [2.75, 3.05) is 6.54 Å². The number of aryl methyl sites for hydroxylation is 1. The van der Waals surface area contributed by atoms with Gasteiger partial charge in [-0.15, -0.1) is 0 Å². The van der Waals surface area contributed by atoms with Crippen LogP contribution in [0.1, 0.15) is 37.7 Å². The van der Waals surface area contributed by atoms with Gasteiger partial charge in [0.1, 0.15) is 22.7 Å². The highest BCUT2D eigenvalue weighted by molar-refractivity contribution is 5.85. The van der Waals surface area contributed by atoms with Gasteiger partial charge in [-0.05, 0) is 45.2 Å². The van der Waals surface area contributed by atoms with Gasteiger partial charge in [0.2, 0.25) is 0 Å². The molecule has 0 radical (unpaired) electrons. The normalized spacial score (nSPS) is 20.5. The number of halogens is 2. The van der Waals surface area contributed by atoms with E-state index >= 15 is 0 Å². The van der Waals surface area contributed by atoms with Crippen LogP contribution < -0.4 is 5.32 Å². The van der Waals surface area contributed by atoms with E-state index in [1.165, 1.54) is 13.0 Å². The molecule has 1 aromatic rings. The summed E-state index contributed by atoms with van der Waals surface area (Å²) < 4.78 is 33.0. The Kier molecular flexibility index (Phi) is 3.84. The van der Waals surface area contributed by atoms with Crippen molar-refractivity contribution in [3.8, 4) is 0 Å². The Bertz CT molecular complexity index is 535. The summed E-state index contributed by atoms with van der Waals surface area (Å²) in [6, 6.07) is 3.14. The molecule has 3 N–H and O–H groups in total. The molecule has 5 nitrogen and oxygen atoms in total. The summed E-state index contributed by atoms with van der Waals surface area (Å²) in [5.74, 6) is -4.73. The highest BCUT2D eigenvalue weighted by Gasteiger charge is 2.61. The molecular weight excluding hydrogens is 284 g/mol. The largest absolute Gasteiger partial charge is 0.463 e. The zero-order valence-corrected chi connectivity index (χ0v) is 11.9. The monoisotopic (exact) mass is 303 g/mol. The number of carbonyl (C=O) groups is 1. The Morgan fingerprint density at radius 2 is 2.10 bits per heavy atom. The second kappa shape index (κ2) is 5.06. The molecule has 7 heteroatoms. The number of hydrogen-bond acceptors (Lipinski definition) is 4. The van der Waals surface area contributed by atoms with Crippen LogP contribution in [0.5, 0.6) is 0 Å². The molecular formula is C14H19F2NO4. The number of carbonyl (C=O) groups excluding carboxylic acids is 1. The Morgan fingerprint density at radius 1 is 1.48 bits per heavy atom. The van der Waals surface area contributed by atoms with Crippen molar-refractivity contribution < 1.29 is 28.2 Å². The smallest absolute Gasteiger partial charge is 0.352 e. The Hall–Kier alpha value is -1.47. The molecule has 2 rings (SSSR count). The fourth-order valence-electron chi connectivity index (χ4n) is 2.21. The van der Waals surface area contributed by atoms with Gasteiger partial charge >= 0.3 is 5.92 Å². The second-order valence-electron chi connectivity index (χ2n) is 5.83. The molecule has 1 aliphatic rings. The van der Waals surface area contributed by atoms with Crippen LogP contribution in [0.3, 0.4) is 0 Å². The van der Waals surface area contributed by atoms with Gasteiger partial charge in [-0.25, -0.2) is 0 Å². The molecule has 1 atom stereocenters. The van der Waals surface area contributed by atoms with Crippen molar-refractivity contribution in [2.45, 2.75) is 50.2 Å². The van der Waals surface area contributed by atoms with Gasteiger partial charge in [-0.2, -0.15) is 8.78 Å².